The highest BCUT2D eigenvalue weighted by Gasteiger charge is 2.23. The van der Waals surface area contributed by atoms with Crippen LogP contribution in [0.5, 0.6) is 5.88 Å². The smallest absolute Gasteiger partial charge is 0.278 e. The van der Waals surface area contributed by atoms with Gasteiger partial charge in [0.15, 0.2) is 6.61 Å². The van der Waals surface area contributed by atoms with Crippen LogP contribution in [0.15, 0.2) is 24.4 Å². The SMILES string of the molecule is CCC(=O)Nc1cc(C(=O)NC(C)c2cnc(OCC(C)(F)F)c(C)c2)cc(C)n1. The Hall–Kier alpha value is -3.10. The summed E-state index contributed by atoms with van der Waals surface area (Å²) in [6.45, 7) is 6.94. The Morgan fingerprint density at radius 1 is 1.23 bits per heavy atom. The number of hydrogen-bond acceptors (Lipinski definition) is 5. The number of nitrogens with one attached hydrogen (secondary N) is 2. The fourth-order valence-corrected chi connectivity index (χ4v) is 2.63. The van der Waals surface area contributed by atoms with Gasteiger partial charge in [-0.25, -0.2) is 18.7 Å². The van der Waals surface area contributed by atoms with E-state index in [0.29, 0.717) is 34.6 Å². The van der Waals surface area contributed by atoms with Gasteiger partial charge in [0.05, 0.1) is 6.04 Å². The minimum absolute atomic E-state index is 0.125. The monoisotopic (exact) mass is 420 g/mol. The molecule has 0 spiro atoms. The minimum Gasteiger partial charge on any atom is -0.471 e. The lowest BCUT2D eigenvalue weighted by atomic mass is 10.1. The van der Waals surface area contributed by atoms with E-state index in [9.17, 15) is 18.4 Å². The highest BCUT2D eigenvalue weighted by molar-refractivity contribution is 5.96. The van der Waals surface area contributed by atoms with E-state index in [-0.39, 0.29) is 17.7 Å². The molecular weight excluding hydrogens is 394 g/mol. The fraction of sp³-hybridized carbons (Fsp3) is 0.429. The molecule has 0 aromatic carbocycles. The number of carbonyl (C=O) groups excluding carboxylic acids is 2. The Kier molecular flexibility index (Phi) is 7.42. The normalized spacial score (nSPS) is 12.2. The third-order valence-corrected chi connectivity index (χ3v) is 4.17. The van der Waals surface area contributed by atoms with E-state index >= 15 is 0 Å². The van der Waals surface area contributed by atoms with Crippen LogP contribution in [0, 0.1) is 13.8 Å². The molecule has 0 bridgehead atoms. The Morgan fingerprint density at radius 3 is 2.53 bits per heavy atom. The molecule has 0 fully saturated rings. The van der Waals surface area contributed by atoms with Crippen molar-refractivity contribution in [2.45, 2.75) is 53.0 Å². The zero-order valence-electron chi connectivity index (χ0n) is 17.7. The number of carbonyl (C=O) groups is 2. The maximum absolute atomic E-state index is 13.0. The molecule has 2 aromatic rings. The minimum atomic E-state index is -2.95. The number of nitrogens with zero attached hydrogens (tertiary/aromatic N) is 2. The molecule has 0 aliphatic carbocycles. The average molecular weight is 420 g/mol. The summed E-state index contributed by atoms with van der Waals surface area (Å²) in [5.41, 5.74) is 2.23. The molecule has 2 heterocycles. The highest BCUT2D eigenvalue weighted by atomic mass is 19.3. The number of aromatic nitrogens is 2. The summed E-state index contributed by atoms with van der Waals surface area (Å²) >= 11 is 0. The van der Waals surface area contributed by atoms with Crippen LogP contribution in [0.3, 0.4) is 0 Å². The van der Waals surface area contributed by atoms with Crippen molar-refractivity contribution in [3.63, 3.8) is 0 Å². The highest BCUT2D eigenvalue weighted by Crippen LogP contribution is 2.22. The van der Waals surface area contributed by atoms with E-state index in [4.69, 9.17) is 4.74 Å². The number of anilines is 1. The summed E-state index contributed by atoms with van der Waals surface area (Å²) in [5.74, 6) is -3.06. The number of alkyl halides is 2. The van der Waals surface area contributed by atoms with E-state index in [0.717, 1.165) is 6.92 Å². The molecule has 1 atom stereocenters. The maximum atomic E-state index is 13.0. The van der Waals surface area contributed by atoms with Gasteiger partial charge in [0.1, 0.15) is 5.82 Å². The predicted molar refractivity (Wildman–Crippen MR) is 109 cm³/mol. The van der Waals surface area contributed by atoms with Gasteiger partial charge in [0, 0.05) is 36.4 Å². The first-order valence-corrected chi connectivity index (χ1v) is 9.55. The van der Waals surface area contributed by atoms with Crippen LogP contribution < -0.4 is 15.4 Å². The molecule has 0 saturated carbocycles. The van der Waals surface area contributed by atoms with Gasteiger partial charge in [-0.05, 0) is 44.5 Å². The zero-order valence-corrected chi connectivity index (χ0v) is 17.7. The van der Waals surface area contributed by atoms with E-state index in [1.807, 2.05) is 0 Å². The van der Waals surface area contributed by atoms with Crippen LogP contribution in [0.25, 0.3) is 0 Å². The molecular formula is C21H26F2N4O3. The van der Waals surface area contributed by atoms with Gasteiger partial charge >= 0.3 is 0 Å². The van der Waals surface area contributed by atoms with Crippen molar-refractivity contribution < 1.29 is 23.1 Å². The van der Waals surface area contributed by atoms with Gasteiger partial charge < -0.3 is 15.4 Å². The first-order valence-electron chi connectivity index (χ1n) is 9.55. The summed E-state index contributed by atoms with van der Waals surface area (Å²) in [6.07, 6.45) is 1.78. The van der Waals surface area contributed by atoms with E-state index in [1.54, 1.807) is 39.8 Å². The molecule has 1 unspecified atom stereocenters. The second-order valence-electron chi connectivity index (χ2n) is 7.23. The average Bonchev–Trinajstić information content (AvgIpc) is 2.65. The Bertz CT molecular complexity index is 929. The van der Waals surface area contributed by atoms with Crippen LogP contribution in [0.2, 0.25) is 0 Å². The molecule has 2 rings (SSSR count). The second-order valence-corrected chi connectivity index (χ2v) is 7.23. The molecule has 30 heavy (non-hydrogen) atoms. The number of hydrogen-bond donors (Lipinski definition) is 2. The molecule has 9 heteroatoms. The fourth-order valence-electron chi connectivity index (χ4n) is 2.63. The van der Waals surface area contributed by atoms with Gasteiger partial charge in [-0.15, -0.1) is 0 Å². The van der Waals surface area contributed by atoms with Crippen LogP contribution in [0.1, 0.15) is 60.4 Å². The van der Waals surface area contributed by atoms with Crippen molar-refractivity contribution in [1.82, 2.24) is 15.3 Å². The van der Waals surface area contributed by atoms with Gasteiger partial charge in [-0.1, -0.05) is 6.92 Å². The number of aryl methyl sites for hydroxylation is 2. The quantitative estimate of drug-likeness (QED) is 0.674. The number of rotatable bonds is 8. The van der Waals surface area contributed by atoms with Gasteiger partial charge in [0.25, 0.3) is 11.8 Å². The number of pyridine rings is 2. The first kappa shape index (κ1) is 23.2. The summed E-state index contributed by atoms with van der Waals surface area (Å²) in [5, 5.41) is 5.50. The van der Waals surface area contributed by atoms with Gasteiger partial charge in [-0.2, -0.15) is 0 Å². The van der Waals surface area contributed by atoms with Crippen molar-refractivity contribution in [2.75, 3.05) is 11.9 Å². The lowest BCUT2D eigenvalue weighted by molar-refractivity contribution is -0.115. The number of halogens is 2. The first-order chi connectivity index (χ1) is 14.0. The van der Waals surface area contributed by atoms with E-state index in [1.165, 1.54) is 12.3 Å². The molecule has 0 radical (unpaired) electrons. The van der Waals surface area contributed by atoms with Crippen molar-refractivity contribution in [2.24, 2.45) is 0 Å². The van der Waals surface area contributed by atoms with Crippen molar-refractivity contribution in [3.05, 3.63) is 46.8 Å². The molecule has 2 N–H and O–H groups in total. The van der Waals surface area contributed by atoms with Crippen LogP contribution in [0.4, 0.5) is 14.6 Å². The summed E-state index contributed by atoms with van der Waals surface area (Å²) in [6, 6.07) is 4.46. The van der Waals surface area contributed by atoms with Crippen molar-refractivity contribution >= 4 is 17.6 Å². The Morgan fingerprint density at radius 2 is 1.93 bits per heavy atom. The molecule has 0 saturated heterocycles. The topological polar surface area (TPSA) is 93.2 Å². The summed E-state index contributed by atoms with van der Waals surface area (Å²) in [7, 11) is 0. The number of amides is 2. The third kappa shape index (κ3) is 6.75. The van der Waals surface area contributed by atoms with Gasteiger partial charge in [0.2, 0.25) is 11.8 Å². The molecule has 2 amide bonds. The van der Waals surface area contributed by atoms with Crippen LogP contribution in [-0.4, -0.2) is 34.3 Å². The largest absolute Gasteiger partial charge is 0.471 e. The van der Waals surface area contributed by atoms with Crippen LogP contribution in [-0.2, 0) is 4.79 Å². The second kappa shape index (κ2) is 9.60. The molecule has 0 aliphatic heterocycles. The molecule has 7 nitrogen and oxygen atoms in total. The van der Waals surface area contributed by atoms with Gasteiger partial charge in [-0.3, -0.25) is 9.59 Å². The molecule has 2 aromatic heterocycles. The molecule has 0 aliphatic rings. The Balaban J connectivity index is 2.10. The summed E-state index contributed by atoms with van der Waals surface area (Å²) < 4.78 is 31.0. The van der Waals surface area contributed by atoms with Crippen molar-refractivity contribution in [3.8, 4) is 5.88 Å². The summed E-state index contributed by atoms with van der Waals surface area (Å²) in [4.78, 5) is 32.6. The third-order valence-electron chi connectivity index (χ3n) is 4.17. The standard InChI is InChI=1S/C21H26F2N4O3/c1-6-18(28)27-17-9-15(8-13(3)25-17)19(29)26-14(4)16-7-12(2)20(24-10-16)30-11-21(5,22)23/h7-10,14H,6,11H2,1-5H3,(H,26,29)(H,25,27,28). The number of ether oxygens (including phenoxy) is 1. The van der Waals surface area contributed by atoms with E-state index in [2.05, 4.69) is 20.6 Å². The zero-order chi connectivity index (χ0) is 22.5. The van der Waals surface area contributed by atoms with Crippen LogP contribution >= 0.6 is 0 Å². The van der Waals surface area contributed by atoms with Crippen molar-refractivity contribution in [1.29, 1.82) is 0 Å². The van der Waals surface area contributed by atoms with E-state index < -0.39 is 18.6 Å². The maximum Gasteiger partial charge on any atom is 0.278 e. The lowest BCUT2D eigenvalue weighted by Crippen LogP contribution is -2.27. The molecule has 162 valence electrons. The predicted octanol–water partition coefficient (Wildman–Crippen LogP) is 3.97. The Labute approximate surface area is 174 Å². The lowest BCUT2D eigenvalue weighted by Gasteiger charge is -2.17.